The molecule has 2 heterocycles. The number of H-pyrrole nitrogens is 1. The van der Waals surface area contributed by atoms with Crippen molar-refractivity contribution in [3.05, 3.63) is 30.1 Å². The van der Waals surface area contributed by atoms with Crippen molar-refractivity contribution in [3.63, 3.8) is 0 Å². The zero-order chi connectivity index (χ0) is 17.6. The Kier molecular flexibility index (Phi) is 8.15. The lowest BCUT2D eigenvalue weighted by Gasteiger charge is -2.35. The molecule has 1 aromatic heterocycles. The molecule has 1 saturated heterocycles. The second-order valence-corrected chi connectivity index (χ2v) is 7.00. The summed E-state index contributed by atoms with van der Waals surface area (Å²) in [6, 6.07) is 9.28. The van der Waals surface area contributed by atoms with Gasteiger partial charge in [0.25, 0.3) is 0 Å². The second-order valence-electron chi connectivity index (χ2n) is 7.00. The first-order chi connectivity index (χ1) is 12.2. The Labute approximate surface area is 173 Å². The van der Waals surface area contributed by atoms with Crippen LogP contribution >= 0.6 is 24.0 Å². The fourth-order valence-electron chi connectivity index (χ4n) is 3.37. The van der Waals surface area contributed by atoms with Gasteiger partial charge in [-0.3, -0.25) is 4.99 Å². The molecule has 0 atom stereocenters. The van der Waals surface area contributed by atoms with Gasteiger partial charge in [0.1, 0.15) is 5.82 Å². The molecule has 0 aliphatic carbocycles. The van der Waals surface area contributed by atoms with Crippen LogP contribution in [0.2, 0.25) is 0 Å². The third-order valence-corrected chi connectivity index (χ3v) is 4.92. The fourth-order valence-corrected chi connectivity index (χ4v) is 3.37. The van der Waals surface area contributed by atoms with Crippen LogP contribution in [0.3, 0.4) is 0 Å². The predicted octanol–water partition coefficient (Wildman–Crippen LogP) is 2.76. The Hall–Kier alpha value is -1.35. The number of hydrogen-bond donors (Lipinski definition) is 3. The highest BCUT2D eigenvalue weighted by atomic mass is 127. The molecular weight excluding hydrogens is 439 g/mol. The van der Waals surface area contributed by atoms with Gasteiger partial charge in [0.15, 0.2) is 5.96 Å². The molecule has 1 fully saturated rings. The average Bonchev–Trinajstić information content (AvgIpc) is 3.04. The van der Waals surface area contributed by atoms with Gasteiger partial charge in [-0.25, -0.2) is 4.98 Å². The van der Waals surface area contributed by atoms with E-state index in [1.165, 1.54) is 12.8 Å². The zero-order valence-electron chi connectivity index (χ0n) is 16.0. The topological polar surface area (TPSA) is 68.3 Å². The van der Waals surface area contributed by atoms with Gasteiger partial charge in [-0.15, -0.1) is 24.0 Å². The highest BCUT2D eigenvalue weighted by Gasteiger charge is 2.21. The molecule has 0 unspecified atom stereocenters. The van der Waals surface area contributed by atoms with Crippen molar-refractivity contribution in [3.8, 4) is 0 Å². The van der Waals surface area contributed by atoms with Crippen molar-refractivity contribution in [1.29, 1.82) is 0 Å². The lowest BCUT2D eigenvalue weighted by Crippen LogP contribution is -2.50. The number of likely N-dealkylation sites (tertiary alicyclic amines) is 1. The number of aliphatic imine (C=N–C) groups is 1. The van der Waals surface area contributed by atoms with Crippen LogP contribution in [0.15, 0.2) is 29.3 Å². The van der Waals surface area contributed by atoms with E-state index in [9.17, 15) is 0 Å². The van der Waals surface area contributed by atoms with Gasteiger partial charge in [-0.2, -0.15) is 0 Å². The molecule has 0 saturated carbocycles. The molecule has 0 spiro atoms. The molecule has 3 rings (SSSR count). The SMILES string of the molecule is CN=C(NCCc1nc2ccccc2[nH]1)NC1CCN(C(C)C)CC1.I. The number of fused-ring (bicyclic) bond motifs is 1. The molecule has 0 bridgehead atoms. The van der Waals surface area contributed by atoms with Gasteiger partial charge in [0.2, 0.25) is 0 Å². The van der Waals surface area contributed by atoms with Crippen LogP contribution < -0.4 is 10.6 Å². The number of imidazole rings is 1. The van der Waals surface area contributed by atoms with E-state index in [0.717, 1.165) is 48.9 Å². The van der Waals surface area contributed by atoms with E-state index in [0.29, 0.717) is 12.1 Å². The third kappa shape index (κ3) is 5.57. The zero-order valence-corrected chi connectivity index (χ0v) is 18.3. The first-order valence-corrected chi connectivity index (χ1v) is 9.30. The highest BCUT2D eigenvalue weighted by molar-refractivity contribution is 14.0. The van der Waals surface area contributed by atoms with Crippen LogP contribution in [0.5, 0.6) is 0 Å². The normalized spacial score (nSPS) is 16.7. The summed E-state index contributed by atoms with van der Waals surface area (Å²) in [6.45, 7) is 7.67. The standard InChI is InChI=1S/C19H30N6.HI/c1-14(2)25-12-9-15(10-13-25)22-19(20-3)21-11-8-18-23-16-6-4-5-7-17(16)24-18;/h4-7,14-15H,8-13H2,1-3H3,(H,23,24)(H2,20,21,22);1H. The molecular formula is C19H31IN6. The van der Waals surface area contributed by atoms with E-state index in [-0.39, 0.29) is 24.0 Å². The van der Waals surface area contributed by atoms with Crippen molar-refractivity contribution < 1.29 is 0 Å². The van der Waals surface area contributed by atoms with E-state index < -0.39 is 0 Å². The maximum Gasteiger partial charge on any atom is 0.191 e. The van der Waals surface area contributed by atoms with Gasteiger partial charge in [-0.05, 0) is 38.8 Å². The number of rotatable bonds is 5. The maximum absolute atomic E-state index is 4.61. The Bertz CT molecular complexity index is 670. The molecule has 26 heavy (non-hydrogen) atoms. The van der Waals surface area contributed by atoms with E-state index in [4.69, 9.17) is 0 Å². The first-order valence-electron chi connectivity index (χ1n) is 9.30. The second kappa shape index (κ2) is 10.1. The fraction of sp³-hybridized carbons (Fsp3) is 0.579. The molecule has 7 heteroatoms. The monoisotopic (exact) mass is 470 g/mol. The predicted molar refractivity (Wildman–Crippen MR) is 119 cm³/mol. The van der Waals surface area contributed by atoms with Gasteiger partial charge < -0.3 is 20.5 Å². The van der Waals surface area contributed by atoms with Crippen LogP contribution in [0.4, 0.5) is 0 Å². The van der Waals surface area contributed by atoms with Crippen LogP contribution in [0.25, 0.3) is 11.0 Å². The number of hydrogen-bond acceptors (Lipinski definition) is 3. The minimum atomic E-state index is 0. The van der Waals surface area contributed by atoms with Gasteiger partial charge in [0.05, 0.1) is 11.0 Å². The number of benzene rings is 1. The summed E-state index contributed by atoms with van der Waals surface area (Å²) < 4.78 is 0. The van der Waals surface area contributed by atoms with Gasteiger partial charge in [0, 0.05) is 45.2 Å². The summed E-state index contributed by atoms with van der Waals surface area (Å²) in [4.78, 5) is 14.9. The Morgan fingerprint density at radius 1 is 1.31 bits per heavy atom. The number of piperidine rings is 1. The minimum absolute atomic E-state index is 0. The smallest absolute Gasteiger partial charge is 0.191 e. The summed E-state index contributed by atoms with van der Waals surface area (Å²) in [5.41, 5.74) is 2.12. The number of nitrogens with zero attached hydrogens (tertiary/aromatic N) is 3. The average molecular weight is 470 g/mol. The van der Waals surface area contributed by atoms with Crippen molar-refractivity contribution in [2.75, 3.05) is 26.7 Å². The molecule has 144 valence electrons. The highest BCUT2D eigenvalue weighted by Crippen LogP contribution is 2.13. The molecule has 0 radical (unpaired) electrons. The van der Waals surface area contributed by atoms with E-state index in [2.05, 4.69) is 50.4 Å². The summed E-state index contributed by atoms with van der Waals surface area (Å²) in [7, 11) is 1.83. The van der Waals surface area contributed by atoms with Crippen molar-refractivity contribution >= 4 is 41.0 Å². The Morgan fingerprint density at radius 3 is 2.69 bits per heavy atom. The lowest BCUT2D eigenvalue weighted by atomic mass is 10.0. The number of aromatic amines is 1. The first kappa shape index (κ1) is 21.0. The van der Waals surface area contributed by atoms with Gasteiger partial charge >= 0.3 is 0 Å². The molecule has 1 aromatic carbocycles. The van der Waals surface area contributed by atoms with Crippen molar-refractivity contribution in [2.24, 2.45) is 4.99 Å². The molecule has 6 nitrogen and oxygen atoms in total. The lowest BCUT2D eigenvalue weighted by molar-refractivity contribution is 0.167. The quantitative estimate of drug-likeness (QED) is 0.357. The summed E-state index contributed by atoms with van der Waals surface area (Å²) in [5.74, 6) is 1.90. The summed E-state index contributed by atoms with van der Waals surface area (Å²) >= 11 is 0. The summed E-state index contributed by atoms with van der Waals surface area (Å²) in [5, 5.41) is 6.97. The number of halogens is 1. The molecule has 0 amide bonds. The van der Waals surface area contributed by atoms with E-state index >= 15 is 0 Å². The van der Waals surface area contributed by atoms with Crippen LogP contribution in [0, 0.1) is 0 Å². The van der Waals surface area contributed by atoms with Gasteiger partial charge in [-0.1, -0.05) is 12.1 Å². The van der Waals surface area contributed by atoms with Crippen molar-refractivity contribution in [1.82, 2.24) is 25.5 Å². The van der Waals surface area contributed by atoms with Crippen LogP contribution in [-0.4, -0.2) is 59.6 Å². The number of aromatic nitrogens is 2. The van der Waals surface area contributed by atoms with E-state index in [1.54, 1.807) is 0 Å². The van der Waals surface area contributed by atoms with Crippen molar-refractivity contribution in [2.45, 2.75) is 45.2 Å². The number of guanidine groups is 1. The molecule has 2 aromatic rings. The maximum atomic E-state index is 4.61. The minimum Gasteiger partial charge on any atom is -0.356 e. The van der Waals surface area contributed by atoms with Crippen LogP contribution in [0.1, 0.15) is 32.5 Å². The summed E-state index contributed by atoms with van der Waals surface area (Å²) in [6.07, 6.45) is 3.19. The number of para-hydroxylation sites is 2. The largest absolute Gasteiger partial charge is 0.356 e. The molecule has 3 N–H and O–H groups in total. The van der Waals surface area contributed by atoms with Crippen LogP contribution in [-0.2, 0) is 6.42 Å². The molecule has 1 aliphatic rings. The third-order valence-electron chi connectivity index (χ3n) is 4.92. The number of nitrogens with one attached hydrogen (secondary N) is 3. The Morgan fingerprint density at radius 2 is 2.04 bits per heavy atom. The van der Waals surface area contributed by atoms with E-state index in [1.807, 2.05) is 25.2 Å². The Balaban J connectivity index is 0.00000243. The molecule has 1 aliphatic heterocycles.